The van der Waals surface area contributed by atoms with Gasteiger partial charge in [0.1, 0.15) is 17.2 Å². The van der Waals surface area contributed by atoms with E-state index >= 15 is 0 Å². The number of carbonyl (C=O) groups is 1. The van der Waals surface area contributed by atoms with Crippen LogP contribution in [0.4, 0.5) is 0 Å². The van der Waals surface area contributed by atoms with Crippen molar-refractivity contribution in [2.45, 2.75) is 13.8 Å². The van der Waals surface area contributed by atoms with Crippen LogP contribution in [0, 0.1) is 6.92 Å². The normalized spacial score (nSPS) is 11.2. The van der Waals surface area contributed by atoms with Gasteiger partial charge in [0.25, 0.3) is 5.91 Å². The molecule has 0 saturated carbocycles. The second kappa shape index (κ2) is 7.83. The zero-order valence-electron chi connectivity index (χ0n) is 13.2. The molecule has 2 aromatic carbocycles. The Bertz CT molecular complexity index is 790. The highest BCUT2D eigenvalue weighted by molar-refractivity contribution is 9.10. The van der Waals surface area contributed by atoms with Gasteiger partial charge in [0, 0.05) is 16.1 Å². The van der Waals surface area contributed by atoms with Crippen LogP contribution in [-0.4, -0.2) is 28.4 Å². The molecule has 0 aliphatic carbocycles. The lowest BCUT2D eigenvalue weighted by atomic mass is 10.1. The first-order chi connectivity index (χ1) is 11.4. The maximum Gasteiger partial charge on any atom is 0.277 e. The van der Waals surface area contributed by atoms with Crippen molar-refractivity contribution in [3.8, 4) is 17.2 Å². The van der Waals surface area contributed by atoms with E-state index in [0.717, 1.165) is 10.0 Å². The molecule has 0 bridgehead atoms. The second-order valence-electron chi connectivity index (χ2n) is 5.13. The monoisotopic (exact) mass is 392 g/mol. The molecule has 0 spiro atoms. The van der Waals surface area contributed by atoms with Gasteiger partial charge in [0.15, 0.2) is 6.61 Å². The van der Waals surface area contributed by atoms with Crippen LogP contribution in [0.1, 0.15) is 18.1 Å². The summed E-state index contributed by atoms with van der Waals surface area (Å²) in [7, 11) is 0. The van der Waals surface area contributed by atoms with E-state index in [0.29, 0.717) is 17.0 Å². The van der Waals surface area contributed by atoms with Gasteiger partial charge in [-0.3, -0.25) is 4.79 Å². The highest BCUT2D eigenvalue weighted by Gasteiger charge is 2.07. The Balaban J connectivity index is 1.93. The minimum atomic E-state index is -0.423. The molecule has 6 nitrogen and oxygen atoms in total. The topological polar surface area (TPSA) is 91.2 Å². The molecule has 0 radical (unpaired) electrons. The van der Waals surface area contributed by atoms with E-state index in [9.17, 15) is 15.0 Å². The van der Waals surface area contributed by atoms with Crippen LogP contribution in [-0.2, 0) is 4.79 Å². The van der Waals surface area contributed by atoms with Crippen LogP contribution in [0.5, 0.6) is 17.2 Å². The van der Waals surface area contributed by atoms with Gasteiger partial charge in [-0.1, -0.05) is 15.9 Å². The van der Waals surface area contributed by atoms with Crippen molar-refractivity contribution < 1.29 is 19.7 Å². The molecule has 0 heterocycles. The van der Waals surface area contributed by atoms with Crippen molar-refractivity contribution in [1.82, 2.24) is 5.43 Å². The Labute approximate surface area is 147 Å². The summed E-state index contributed by atoms with van der Waals surface area (Å²) in [5, 5.41) is 22.9. The maximum absolute atomic E-state index is 11.8. The Morgan fingerprint density at radius 2 is 2.00 bits per heavy atom. The van der Waals surface area contributed by atoms with Crippen molar-refractivity contribution in [1.29, 1.82) is 0 Å². The SMILES string of the molecule is C/C(=N\NC(=O)COc1ccc(Br)c(C)c1)c1ccc(O)cc1O. The smallest absolute Gasteiger partial charge is 0.277 e. The molecule has 0 atom stereocenters. The lowest BCUT2D eigenvalue weighted by Crippen LogP contribution is -2.25. The number of phenolic OH excluding ortho intramolecular Hbond substituents is 2. The first kappa shape index (κ1) is 17.8. The van der Waals surface area contributed by atoms with Crippen molar-refractivity contribution in [2.24, 2.45) is 5.10 Å². The Morgan fingerprint density at radius 1 is 1.25 bits per heavy atom. The Hall–Kier alpha value is -2.54. The number of ether oxygens (including phenoxy) is 1. The standard InChI is InChI=1S/C17H17BrN2O4/c1-10-7-13(4-6-15(10)18)24-9-17(23)20-19-11(2)14-5-3-12(21)8-16(14)22/h3-8,21-22H,9H2,1-2H3,(H,20,23)/b19-11+. The predicted molar refractivity (Wildman–Crippen MR) is 94.5 cm³/mol. The minimum Gasteiger partial charge on any atom is -0.508 e. The average molecular weight is 393 g/mol. The number of aryl methyl sites for hydroxylation is 1. The van der Waals surface area contributed by atoms with E-state index in [1.54, 1.807) is 13.0 Å². The van der Waals surface area contributed by atoms with Crippen LogP contribution >= 0.6 is 15.9 Å². The molecule has 126 valence electrons. The van der Waals surface area contributed by atoms with Gasteiger partial charge in [-0.2, -0.15) is 5.10 Å². The summed E-state index contributed by atoms with van der Waals surface area (Å²) >= 11 is 3.39. The number of aromatic hydroxyl groups is 2. The number of amides is 1. The third kappa shape index (κ3) is 4.73. The lowest BCUT2D eigenvalue weighted by Gasteiger charge is -2.08. The number of hydrogen-bond donors (Lipinski definition) is 3. The van der Waals surface area contributed by atoms with Gasteiger partial charge in [-0.05, 0) is 49.7 Å². The molecule has 2 aromatic rings. The highest BCUT2D eigenvalue weighted by atomic mass is 79.9. The summed E-state index contributed by atoms with van der Waals surface area (Å²) in [5.74, 6) is -0.00529. The van der Waals surface area contributed by atoms with Crippen molar-refractivity contribution in [3.63, 3.8) is 0 Å². The number of hydrazone groups is 1. The van der Waals surface area contributed by atoms with Gasteiger partial charge in [0.2, 0.25) is 0 Å². The summed E-state index contributed by atoms with van der Waals surface area (Å²) in [5.41, 5.74) is 4.18. The fraction of sp³-hybridized carbons (Fsp3) is 0.176. The molecule has 2 rings (SSSR count). The van der Waals surface area contributed by atoms with Gasteiger partial charge in [-0.15, -0.1) is 0 Å². The Morgan fingerprint density at radius 3 is 2.67 bits per heavy atom. The predicted octanol–water partition coefficient (Wildman–Crippen LogP) is 3.09. The molecule has 24 heavy (non-hydrogen) atoms. The summed E-state index contributed by atoms with van der Waals surface area (Å²) in [6.45, 7) is 3.37. The summed E-state index contributed by atoms with van der Waals surface area (Å²) in [6.07, 6.45) is 0. The maximum atomic E-state index is 11.8. The Kier molecular flexibility index (Phi) is 5.81. The third-order valence-corrected chi connectivity index (χ3v) is 4.11. The molecule has 0 aliphatic rings. The van der Waals surface area contributed by atoms with E-state index in [1.165, 1.54) is 18.2 Å². The highest BCUT2D eigenvalue weighted by Crippen LogP contribution is 2.23. The summed E-state index contributed by atoms with van der Waals surface area (Å²) in [4.78, 5) is 11.8. The van der Waals surface area contributed by atoms with E-state index in [1.807, 2.05) is 19.1 Å². The van der Waals surface area contributed by atoms with Crippen molar-refractivity contribution in [2.75, 3.05) is 6.61 Å². The first-order valence-electron chi connectivity index (χ1n) is 7.11. The molecular formula is C17H17BrN2O4. The molecule has 0 fully saturated rings. The van der Waals surface area contributed by atoms with E-state index in [-0.39, 0.29) is 18.1 Å². The van der Waals surface area contributed by atoms with Crippen molar-refractivity contribution in [3.05, 3.63) is 52.0 Å². The van der Waals surface area contributed by atoms with E-state index < -0.39 is 5.91 Å². The van der Waals surface area contributed by atoms with Crippen LogP contribution in [0.2, 0.25) is 0 Å². The van der Waals surface area contributed by atoms with E-state index in [2.05, 4.69) is 26.5 Å². The fourth-order valence-corrected chi connectivity index (χ4v) is 2.17. The second-order valence-corrected chi connectivity index (χ2v) is 5.99. The number of nitrogens with one attached hydrogen (secondary N) is 1. The van der Waals surface area contributed by atoms with Crippen molar-refractivity contribution >= 4 is 27.5 Å². The number of carbonyl (C=O) groups excluding carboxylic acids is 1. The van der Waals surface area contributed by atoms with Crippen LogP contribution in [0.3, 0.4) is 0 Å². The van der Waals surface area contributed by atoms with Gasteiger partial charge < -0.3 is 14.9 Å². The number of phenols is 2. The van der Waals surface area contributed by atoms with Crippen LogP contribution < -0.4 is 10.2 Å². The number of halogens is 1. The molecule has 3 N–H and O–H groups in total. The van der Waals surface area contributed by atoms with Crippen LogP contribution in [0.25, 0.3) is 0 Å². The minimum absolute atomic E-state index is 0.0497. The number of benzene rings is 2. The number of rotatable bonds is 5. The molecule has 0 unspecified atom stereocenters. The fourth-order valence-electron chi connectivity index (χ4n) is 1.92. The lowest BCUT2D eigenvalue weighted by molar-refractivity contribution is -0.123. The number of hydrogen-bond acceptors (Lipinski definition) is 5. The average Bonchev–Trinajstić information content (AvgIpc) is 2.53. The molecule has 0 aromatic heterocycles. The van der Waals surface area contributed by atoms with E-state index in [4.69, 9.17) is 4.74 Å². The zero-order chi connectivity index (χ0) is 17.7. The zero-order valence-corrected chi connectivity index (χ0v) is 14.8. The van der Waals surface area contributed by atoms with Gasteiger partial charge in [-0.25, -0.2) is 5.43 Å². The molecule has 7 heteroatoms. The summed E-state index contributed by atoms with van der Waals surface area (Å²) in [6, 6.07) is 9.56. The van der Waals surface area contributed by atoms with Gasteiger partial charge >= 0.3 is 0 Å². The third-order valence-electron chi connectivity index (χ3n) is 3.22. The quantitative estimate of drug-likeness (QED) is 0.538. The first-order valence-corrected chi connectivity index (χ1v) is 7.90. The van der Waals surface area contributed by atoms with Crippen LogP contribution in [0.15, 0.2) is 46.0 Å². The van der Waals surface area contributed by atoms with Gasteiger partial charge in [0.05, 0.1) is 5.71 Å². The molecular weight excluding hydrogens is 376 g/mol. The molecule has 0 aliphatic heterocycles. The largest absolute Gasteiger partial charge is 0.508 e. The summed E-state index contributed by atoms with van der Waals surface area (Å²) < 4.78 is 6.36. The molecule has 1 amide bonds. The molecule has 0 saturated heterocycles. The number of nitrogens with zero attached hydrogens (tertiary/aromatic N) is 1.